The molecule has 1 rings (SSSR count). The van der Waals surface area contributed by atoms with Gasteiger partial charge in [-0.2, -0.15) is 5.26 Å². The SMILES string of the molecule is CCOC(=O)c1sc(SC)c(C#N)c1N. The van der Waals surface area contributed by atoms with Gasteiger partial charge in [0.1, 0.15) is 16.5 Å². The molecule has 1 heterocycles. The minimum Gasteiger partial charge on any atom is -0.462 e. The zero-order chi connectivity index (χ0) is 11.4. The molecule has 0 radical (unpaired) electrons. The van der Waals surface area contributed by atoms with Crippen molar-refractivity contribution in [1.29, 1.82) is 5.26 Å². The van der Waals surface area contributed by atoms with Crippen LogP contribution in [0.1, 0.15) is 22.2 Å². The van der Waals surface area contributed by atoms with E-state index in [1.54, 1.807) is 6.92 Å². The summed E-state index contributed by atoms with van der Waals surface area (Å²) in [6.45, 7) is 2.02. The van der Waals surface area contributed by atoms with Crippen molar-refractivity contribution >= 4 is 34.8 Å². The Labute approximate surface area is 96.0 Å². The highest BCUT2D eigenvalue weighted by Gasteiger charge is 2.21. The number of ether oxygens (including phenoxy) is 1. The topological polar surface area (TPSA) is 76.1 Å². The van der Waals surface area contributed by atoms with Gasteiger partial charge < -0.3 is 10.5 Å². The van der Waals surface area contributed by atoms with Gasteiger partial charge in [0.2, 0.25) is 0 Å². The summed E-state index contributed by atoms with van der Waals surface area (Å²) >= 11 is 2.60. The first-order valence-corrected chi connectivity index (χ1v) is 6.23. The van der Waals surface area contributed by atoms with Crippen molar-refractivity contribution in [2.45, 2.75) is 11.1 Å². The molecule has 0 bridgehead atoms. The Morgan fingerprint density at radius 2 is 2.40 bits per heavy atom. The van der Waals surface area contributed by atoms with E-state index in [9.17, 15) is 4.79 Å². The van der Waals surface area contributed by atoms with Crippen LogP contribution in [0.3, 0.4) is 0 Å². The van der Waals surface area contributed by atoms with E-state index in [-0.39, 0.29) is 5.69 Å². The highest BCUT2D eigenvalue weighted by molar-refractivity contribution is 8.00. The van der Waals surface area contributed by atoms with Gasteiger partial charge in [0, 0.05) is 0 Å². The number of nitrogen functional groups attached to an aromatic ring is 1. The van der Waals surface area contributed by atoms with Crippen molar-refractivity contribution < 1.29 is 9.53 Å². The summed E-state index contributed by atoms with van der Waals surface area (Å²) in [5.41, 5.74) is 6.29. The Morgan fingerprint density at radius 1 is 1.73 bits per heavy atom. The van der Waals surface area contributed by atoms with Crippen molar-refractivity contribution in [3.8, 4) is 6.07 Å². The normalized spacial score (nSPS) is 9.67. The van der Waals surface area contributed by atoms with Crippen LogP contribution in [-0.2, 0) is 4.74 Å². The second-order valence-corrected chi connectivity index (χ2v) is 4.64. The average molecular weight is 242 g/mol. The van der Waals surface area contributed by atoms with E-state index in [4.69, 9.17) is 15.7 Å². The molecule has 2 N–H and O–H groups in total. The fraction of sp³-hybridized carbons (Fsp3) is 0.333. The minimum atomic E-state index is -0.461. The monoisotopic (exact) mass is 242 g/mol. The maximum Gasteiger partial charge on any atom is 0.350 e. The number of thioether (sulfide) groups is 1. The molecule has 80 valence electrons. The summed E-state index contributed by atoms with van der Waals surface area (Å²) in [4.78, 5) is 11.8. The predicted molar refractivity (Wildman–Crippen MR) is 61.2 cm³/mol. The van der Waals surface area contributed by atoms with E-state index in [0.717, 1.165) is 4.21 Å². The summed E-state index contributed by atoms with van der Waals surface area (Å²) in [6.07, 6.45) is 1.83. The van der Waals surface area contributed by atoms with Gasteiger partial charge in [0.25, 0.3) is 0 Å². The van der Waals surface area contributed by atoms with Crippen LogP contribution in [0.4, 0.5) is 5.69 Å². The van der Waals surface area contributed by atoms with E-state index in [0.29, 0.717) is 17.0 Å². The second-order valence-electron chi connectivity index (χ2n) is 2.54. The average Bonchev–Trinajstić information content (AvgIpc) is 2.55. The van der Waals surface area contributed by atoms with Crippen molar-refractivity contribution in [3.05, 3.63) is 10.4 Å². The zero-order valence-corrected chi connectivity index (χ0v) is 10.00. The van der Waals surface area contributed by atoms with Crippen molar-refractivity contribution in [2.24, 2.45) is 0 Å². The fourth-order valence-electron chi connectivity index (χ4n) is 1.02. The molecule has 0 spiro atoms. The van der Waals surface area contributed by atoms with Gasteiger partial charge in [-0.3, -0.25) is 0 Å². The number of thiophene rings is 1. The molecule has 0 amide bonds. The molecule has 0 aromatic carbocycles. The van der Waals surface area contributed by atoms with Crippen LogP contribution >= 0.6 is 23.1 Å². The molecule has 0 aliphatic heterocycles. The van der Waals surface area contributed by atoms with Crippen LogP contribution in [0.5, 0.6) is 0 Å². The number of rotatable bonds is 3. The molecule has 15 heavy (non-hydrogen) atoms. The minimum absolute atomic E-state index is 0.227. The van der Waals surface area contributed by atoms with E-state index in [2.05, 4.69) is 0 Å². The lowest BCUT2D eigenvalue weighted by Crippen LogP contribution is -2.05. The number of nitrogens with zero attached hydrogens (tertiary/aromatic N) is 1. The van der Waals surface area contributed by atoms with Gasteiger partial charge in [-0.1, -0.05) is 0 Å². The fourth-order valence-corrected chi connectivity index (χ4v) is 2.76. The number of carbonyl (C=O) groups excluding carboxylic acids is 1. The molecule has 0 atom stereocenters. The molecule has 0 saturated heterocycles. The van der Waals surface area contributed by atoms with Gasteiger partial charge in [0.05, 0.1) is 16.5 Å². The number of hydrogen-bond acceptors (Lipinski definition) is 6. The molecular weight excluding hydrogens is 232 g/mol. The second kappa shape index (κ2) is 5.05. The van der Waals surface area contributed by atoms with Gasteiger partial charge in [0.15, 0.2) is 0 Å². The van der Waals surface area contributed by atoms with Crippen LogP contribution in [-0.4, -0.2) is 18.8 Å². The van der Waals surface area contributed by atoms with E-state index < -0.39 is 5.97 Å². The number of nitriles is 1. The molecule has 0 unspecified atom stereocenters. The Balaban J connectivity index is 3.16. The molecule has 0 aliphatic carbocycles. The summed E-state index contributed by atoms with van der Waals surface area (Å²) in [7, 11) is 0. The lowest BCUT2D eigenvalue weighted by molar-refractivity contribution is 0.0533. The van der Waals surface area contributed by atoms with E-state index in [1.807, 2.05) is 12.3 Å². The van der Waals surface area contributed by atoms with Crippen LogP contribution < -0.4 is 5.73 Å². The van der Waals surface area contributed by atoms with Crippen molar-refractivity contribution in [2.75, 3.05) is 18.6 Å². The Morgan fingerprint density at radius 3 is 2.80 bits per heavy atom. The highest BCUT2D eigenvalue weighted by atomic mass is 32.2. The van der Waals surface area contributed by atoms with Crippen LogP contribution in [0.15, 0.2) is 4.21 Å². The van der Waals surface area contributed by atoms with Crippen LogP contribution in [0.25, 0.3) is 0 Å². The summed E-state index contributed by atoms with van der Waals surface area (Å²) in [6, 6.07) is 1.99. The Bertz CT molecular complexity index is 420. The van der Waals surface area contributed by atoms with Gasteiger partial charge in [-0.25, -0.2) is 4.79 Å². The van der Waals surface area contributed by atoms with Crippen molar-refractivity contribution in [3.63, 3.8) is 0 Å². The highest BCUT2D eigenvalue weighted by Crippen LogP contribution is 2.36. The van der Waals surface area contributed by atoms with Crippen molar-refractivity contribution in [1.82, 2.24) is 0 Å². The number of esters is 1. The smallest absolute Gasteiger partial charge is 0.350 e. The number of hydrogen-bond donors (Lipinski definition) is 1. The molecule has 4 nitrogen and oxygen atoms in total. The van der Waals surface area contributed by atoms with Gasteiger partial charge in [-0.15, -0.1) is 23.1 Å². The Kier molecular flexibility index (Phi) is 4.00. The molecule has 1 aromatic heterocycles. The molecule has 1 aromatic rings. The van der Waals surface area contributed by atoms with Crippen LogP contribution in [0, 0.1) is 11.3 Å². The first-order valence-electron chi connectivity index (χ1n) is 4.19. The first kappa shape index (κ1) is 11.9. The van der Waals surface area contributed by atoms with E-state index in [1.165, 1.54) is 23.1 Å². The lowest BCUT2D eigenvalue weighted by atomic mass is 10.3. The zero-order valence-electron chi connectivity index (χ0n) is 8.36. The maximum absolute atomic E-state index is 11.5. The third-order valence-electron chi connectivity index (χ3n) is 1.67. The molecule has 6 heteroatoms. The molecule has 0 saturated carbocycles. The quantitative estimate of drug-likeness (QED) is 0.649. The number of carbonyl (C=O) groups is 1. The maximum atomic E-state index is 11.5. The first-order chi connectivity index (χ1) is 7.15. The van der Waals surface area contributed by atoms with Gasteiger partial charge >= 0.3 is 5.97 Å². The number of nitrogens with two attached hydrogens (primary N) is 1. The third-order valence-corrected chi connectivity index (χ3v) is 3.98. The van der Waals surface area contributed by atoms with Crippen LogP contribution in [0.2, 0.25) is 0 Å². The lowest BCUT2D eigenvalue weighted by Gasteiger charge is -1.98. The summed E-state index contributed by atoms with van der Waals surface area (Å²) in [5, 5.41) is 8.87. The largest absolute Gasteiger partial charge is 0.462 e. The third kappa shape index (κ3) is 2.25. The molecular formula is C9H10N2O2S2. The van der Waals surface area contributed by atoms with E-state index >= 15 is 0 Å². The molecule has 0 fully saturated rings. The summed E-state index contributed by atoms with van der Waals surface area (Å²) < 4.78 is 5.59. The Hall–Kier alpha value is -1.19. The standard InChI is InChI=1S/C9H10N2O2S2/c1-3-13-8(12)7-6(11)5(4-10)9(14-2)15-7/h3,11H2,1-2H3. The summed E-state index contributed by atoms with van der Waals surface area (Å²) in [5.74, 6) is -0.461. The molecule has 0 aliphatic rings. The predicted octanol–water partition coefficient (Wildman–Crippen LogP) is 2.10. The van der Waals surface area contributed by atoms with Gasteiger partial charge in [-0.05, 0) is 13.2 Å². The number of anilines is 1.